The van der Waals surface area contributed by atoms with Crippen molar-refractivity contribution in [1.29, 1.82) is 0 Å². The molecule has 1 amide bonds. The zero-order chi connectivity index (χ0) is 19.2. The van der Waals surface area contributed by atoms with E-state index in [2.05, 4.69) is 15.0 Å². The van der Waals surface area contributed by atoms with Crippen molar-refractivity contribution in [3.8, 4) is 0 Å². The van der Waals surface area contributed by atoms with E-state index < -0.39 is 0 Å². The Bertz CT molecular complexity index is 854. The minimum atomic E-state index is -0.323. The molecule has 1 aliphatic carbocycles. The van der Waals surface area contributed by atoms with Gasteiger partial charge in [0.25, 0.3) is 0 Å². The number of nitrogens with zero attached hydrogens (tertiary/aromatic N) is 4. The van der Waals surface area contributed by atoms with Crippen molar-refractivity contribution in [1.82, 2.24) is 10.1 Å². The molecule has 0 spiro atoms. The number of halogens is 1. The zero-order valence-corrected chi connectivity index (χ0v) is 16.0. The summed E-state index contributed by atoms with van der Waals surface area (Å²) in [5.74, 6) is 0.725. The topological polar surface area (TPSA) is 62.5 Å². The smallest absolute Gasteiger partial charge is 0.227 e. The van der Waals surface area contributed by atoms with Crippen molar-refractivity contribution < 1.29 is 13.7 Å². The molecular weight excluding hydrogens is 347 g/mol. The van der Waals surface area contributed by atoms with Crippen LogP contribution in [0.25, 0.3) is 0 Å². The van der Waals surface area contributed by atoms with Crippen LogP contribution in [-0.4, -0.2) is 35.2 Å². The Labute approximate surface area is 158 Å². The lowest BCUT2D eigenvalue weighted by Crippen LogP contribution is -2.45. The lowest BCUT2D eigenvalue weighted by Gasteiger charge is -2.38. The molecule has 1 fully saturated rings. The van der Waals surface area contributed by atoms with Crippen LogP contribution in [0, 0.1) is 5.82 Å². The van der Waals surface area contributed by atoms with Gasteiger partial charge < -0.3 is 14.3 Å². The van der Waals surface area contributed by atoms with E-state index in [1.807, 2.05) is 20.8 Å². The predicted molar refractivity (Wildman–Crippen MR) is 100 cm³/mol. The normalized spacial score (nSPS) is 17.2. The van der Waals surface area contributed by atoms with Gasteiger partial charge in [0.1, 0.15) is 5.82 Å². The van der Waals surface area contributed by atoms with Crippen LogP contribution in [0.5, 0.6) is 0 Å². The summed E-state index contributed by atoms with van der Waals surface area (Å²) in [5, 5.41) is 3.99. The van der Waals surface area contributed by atoms with E-state index in [4.69, 9.17) is 4.52 Å². The molecular formula is C20H25FN4O2. The maximum absolute atomic E-state index is 13.9. The van der Waals surface area contributed by atoms with Crippen LogP contribution in [0.1, 0.15) is 51.7 Å². The van der Waals surface area contributed by atoms with E-state index in [1.54, 1.807) is 11.0 Å². The number of rotatable bonds is 4. The number of benzene rings is 1. The van der Waals surface area contributed by atoms with Crippen molar-refractivity contribution in [2.24, 2.45) is 0 Å². The number of amides is 1. The standard InChI is InChI=1S/C20H25FN4O2/c1-20(2,3)19-22-17(27-23-19)8-9-18(26)25-11-10-24(14-5-6-14)15-7-4-13(21)12-16(15)25/h4,7,12,14H,5-6,8-11H2,1-3H3. The maximum Gasteiger partial charge on any atom is 0.227 e. The van der Waals surface area contributed by atoms with Gasteiger partial charge in [0, 0.05) is 37.4 Å². The number of fused-ring (bicyclic) bond motifs is 1. The summed E-state index contributed by atoms with van der Waals surface area (Å²) in [6.07, 6.45) is 2.97. The average molecular weight is 372 g/mol. The molecule has 0 saturated heterocycles. The molecule has 2 heterocycles. The first-order chi connectivity index (χ1) is 12.8. The van der Waals surface area contributed by atoms with Crippen molar-refractivity contribution in [2.45, 2.75) is 57.9 Å². The van der Waals surface area contributed by atoms with E-state index in [1.165, 1.54) is 12.1 Å². The maximum atomic E-state index is 13.9. The van der Waals surface area contributed by atoms with Gasteiger partial charge in [-0.2, -0.15) is 4.98 Å². The van der Waals surface area contributed by atoms with E-state index >= 15 is 0 Å². The Kier molecular flexibility index (Phi) is 4.40. The minimum absolute atomic E-state index is 0.0483. The highest BCUT2D eigenvalue weighted by atomic mass is 19.1. The summed E-state index contributed by atoms with van der Waals surface area (Å²) >= 11 is 0. The number of aromatic nitrogens is 2. The first kappa shape index (κ1) is 17.9. The fourth-order valence-corrected chi connectivity index (χ4v) is 3.44. The summed E-state index contributed by atoms with van der Waals surface area (Å²) in [5.41, 5.74) is 1.42. The first-order valence-corrected chi connectivity index (χ1v) is 9.52. The molecule has 0 unspecified atom stereocenters. The Balaban J connectivity index is 1.48. The minimum Gasteiger partial charge on any atom is -0.365 e. The Morgan fingerprint density at radius 1 is 1.26 bits per heavy atom. The van der Waals surface area contributed by atoms with Gasteiger partial charge in [0.05, 0.1) is 11.4 Å². The average Bonchev–Trinajstić information content (AvgIpc) is 3.34. The van der Waals surface area contributed by atoms with Gasteiger partial charge in [-0.25, -0.2) is 4.39 Å². The van der Waals surface area contributed by atoms with E-state index in [0.717, 1.165) is 25.1 Å². The van der Waals surface area contributed by atoms with E-state index in [9.17, 15) is 9.18 Å². The fourth-order valence-electron chi connectivity index (χ4n) is 3.44. The van der Waals surface area contributed by atoms with Gasteiger partial charge in [-0.1, -0.05) is 25.9 Å². The third-order valence-corrected chi connectivity index (χ3v) is 5.08. The number of carbonyl (C=O) groups excluding carboxylic acids is 1. The van der Waals surface area contributed by atoms with Crippen LogP contribution in [0.2, 0.25) is 0 Å². The van der Waals surface area contributed by atoms with Gasteiger partial charge in [-0.05, 0) is 31.0 Å². The largest absolute Gasteiger partial charge is 0.365 e. The molecule has 1 aromatic carbocycles. The molecule has 2 aromatic rings. The van der Waals surface area contributed by atoms with Crippen molar-refractivity contribution >= 4 is 17.3 Å². The molecule has 2 aliphatic rings. The molecule has 0 radical (unpaired) electrons. The Morgan fingerprint density at radius 3 is 2.70 bits per heavy atom. The van der Waals surface area contributed by atoms with Crippen LogP contribution in [-0.2, 0) is 16.6 Å². The quantitative estimate of drug-likeness (QED) is 0.823. The molecule has 6 nitrogen and oxygen atoms in total. The van der Waals surface area contributed by atoms with Gasteiger partial charge in [-0.15, -0.1) is 0 Å². The second-order valence-electron chi connectivity index (χ2n) is 8.36. The molecule has 1 aromatic heterocycles. The molecule has 0 N–H and O–H groups in total. The van der Waals surface area contributed by atoms with Crippen molar-refractivity contribution in [2.75, 3.05) is 22.9 Å². The molecule has 1 saturated carbocycles. The fraction of sp³-hybridized carbons (Fsp3) is 0.550. The summed E-state index contributed by atoms with van der Waals surface area (Å²) in [6, 6.07) is 5.25. The summed E-state index contributed by atoms with van der Waals surface area (Å²) < 4.78 is 19.1. The monoisotopic (exact) mass is 372 g/mol. The lowest BCUT2D eigenvalue weighted by atomic mass is 9.96. The van der Waals surface area contributed by atoms with Crippen molar-refractivity contribution in [3.05, 3.63) is 35.7 Å². The molecule has 1 aliphatic heterocycles. The molecule has 0 bridgehead atoms. The van der Waals surface area contributed by atoms with Crippen molar-refractivity contribution in [3.63, 3.8) is 0 Å². The number of hydrogen-bond acceptors (Lipinski definition) is 5. The summed E-state index contributed by atoms with van der Waals surface area (Å²) in [4.78, 5) is 21.2. The molecule has 144 valence electrons. The first-order valence-electron chi connectivity index (χ1n) is 9.52. The SMILES string of the molecule is CC(C)(C)c1noc(CCC(=O)N2CCN(C3CC3)c3ccc(F)cc32)n1. The van der Waals surface area contributed by atoms with Crippen LogP contribution < -0.4 is 9.80 Å². The second kappa shape index (κ2) is 6.62. The lowest BCUT2D eigenvalue weighted by molar-refractivity contribution is -0.118. The highest BCUT2D eigenvalue weighted by Crippen LogP contribution is 2.40. The van der Waals surface area contributed by atoms with Gasteiger partial charge >= 0.3 is 0 Å². The summed E-state index contributed by atoms with van der Waals surface area (Å²) in [6.45, 7) is 7.39. The molecule has 0 atom stereocenters. The van der Waals surface area contributed by atoms with Gasteiger partial charge in [-0.3, -0.25) is 4.79 Å². The van der Waals surface area contributed by atoms with Crippen LogP contribution in [0.4, 0.5) is 15.8 Å². The number of carbonyl (C=O) groups is 1. The van der Waals surface area contributed by atoms with Gasteiger partial charge in [0.2, 0.25) is 11.8 Å². The third-order valence-electron chi connectivity index (χ3n) is 5.08. The highest BCUT2D eigenvalue weighted by Gasteiger charge is 2.35. The zero-order valence-electron chi connectivity index (χ0n) is 16.0. The van der Waals surface area contributed by atoms with Gasteiger partial charge in [0.15, 0.2) is 5.82 Å². The molecule has 27 heavy (non-hydrogen) atoms. The summed E-state index contributed by atoms with van der Waals surface area (Å²) in [7, 11) is 0. The van der Waals surface area contributed by atoms with E-state index in [-0.39, 0.29) is 23.6 Å². The Hall–Kier alpha value is -2.44. The predicted octanol–water partition coefficient (Wildman–Crippen LogP) is 3.45. The Morgan fingerprint density at radius 2 is 2.04 bits per heavy atom. The van der Waals surface area contributed by atoms with E-state index in [0.29, 0.717) is 36.4 Å². The van der Waals surface area contributed by atoms with Crippen LogP contribution in [0.3, 0.4) is 0 Å². The second-order valence-corrected chi connectivity index (χ2v) is 8.36. The van der Waals surface area contributed by atoms with Crippen LogP contribution >= 0.6 is 0 Å². The molecule has 4 rings (SSSR count). The number of anilines is 2. The number of hydrogen-bond donors (Lipinski definition) is 0. The highest BCUT2D eigenvalue weighted by molar-refractivity contribution is 5.98. The molecule has 7 heteroatoms. The third kappa shape index (κ3) is 3.68. The number of aryl methyl sites for hydroxylation is 1. The van der Waals surface area contributed by atoms with Crippen LogP contribution in [0.15, 0.2) is 22.7 Å².